The number of pyridine rings is 1. The number of hydrogen-bond acceptors (Lipinski definition) is 3. The van der Waals surface area contributed by atoms with E-state index in [2.05, 4.69) is 4.98 Å². The van der Waals surface area contributed by atoms with Crippen molar-refractivity contribution in [2.75, 3.05) is 7.11 Å². The largest absolute Gasteiger partial charge is 0.494 e. The summed E-state index contributed by atoms with van der Waals surface area (Å²) < 4.78 is 18.8. The van der Waals surface area contributed by atoms with Gasteiger partial charge in [-0.2, -0.15) is 0 Å². The topological polar surface area (TPSA) is 39.2 Å². The molecular weight excluding hydrogens is 233 g/mol. The van der Waals surface area contributed by atoms with Crippen LogP contribution in [0.3, 0.4) is 0 Å². The molecule has 0 atom stereocenters. The lowest BCUT2D eigenvalue weighted by molar-refractivity contribution is 0.103. The van der Waals surface area contributed by atoms with Crippen LogP contribution >= 0.6 is 0 Å². The number of hydrogen-bond donors (Lipinski definition) is 0. The fourth-order valence-corrected chi connectivity index (χ4v) is 1.60. The summed E-state index contributed by atoms with van der Waals surface area (Å²) in [5, 5.41) is 0. The smallest absolute Gasteiger partial charge is 0.197 e. The zero-order chi connectivity index (χ0) is 13.1. The fraction of sp³-hybridized carbons (Fsp3) is 0.143. The summed E-state index contributed by atoms with van der Waals surface area (Å²) in [6, 6.07) is 7.82. The molecular formula is C14H12FNO2. The average molecular weight is 245 g/mol. The van der Waals surface area contributed by atoms with E-state index >= 15 is 0 Å². The van der Waals surface area contributed by atoms with E-state index in [9.17, 15) is 9.18 Å². The number of carbonyl (C=O) groups excluding carboxylic acids is 1. The van der Waals surface area contributed by atoms with Gasteiger partial charge in [0, 0.05) is 17.5 Å². The lowest BCUT2D eigenvalue weighted by Gasteiger charge is -2.06. The van der Waals surface area contributed by atoms with Crippen LogP contribution in [0.5, 0.6) is 5.75 Å². The Balaban J connectivity index is 2.43. The Labute approximate surface area is 104 Å². The van der Waals surface area contributed by atoms with Crippen molar-refractivity contribution in [3.8, 4) is 5.75 Å². The lowest BCUT2D eigenvalue weighted by Crippen LogP contribution is -2.06. The number of methoxy groups -OCH3 is 1. The third-order valence-electron chi connectivity index (χ3n) is 2.60. The molecule has 0 unspecified atom stereocenters. The highest BCUT2D eigenvalue weighted by Gasteiger charge is 2.17. The van der Waals surface area contributed by atoms with Gasteiger partial charge in [0.25, 0.3) is 0 Å². The van der Waals surface area contributed by atoms with Gasteiger partial charge in [0.2, 0.25) is 0 Å². The third kappa shape index (κ3) is 2.22. The van der Waals surface area contributed by atoms with Crippen molar-refractivity contribution < 1.29 is 13.9 Å². The molecule has 0 amide bonds. The summed E-state index contributed by atoms with van der Waals surface area (Å²) >= 11 is 0. The van der Waals surface area contributed by atoms with Gasteiger partial charge in [-0.3, -0.25) is 9.78 Å². The van der Waals surface area contributed by atoms with Gasteiger partial charge in [-0.05, 0) is 31.2 Å². The summed E-state index contributed by atoms with van der Waals surface area (Å²) in [7, 11) is 1.36. The number of aromatic nitrogens is 1. The first-order valence-electron chi connectivity index (χ1n) is 5.43. The van der Waals surface area contributed by atoms with Crippen molar-refractivity contribution in [3.63, 3.8) is 0 Å². The second-order valence-electron chi connectivity index (χ2n) is 3.84. The van der Waals surface area contributed by atoms with E-state index < -0.39 is 11.6 Å². The van der Waals surface area contributed by atoms with Gasteiger partial charge in [0.15, 0.2) is 17.3 Å². The predicted octanol–water partition coefficient (Wildman–Crippen LogP) is 2.77. The van der Waals surface area contributed by atoms with Crippen LogP contribution in [0.4, 0.5) is 4.39 Å². The maximum absolute atomic E-state index is 13.9. The van der Waals surface area contributed by atoms with Gasteiger partial charge >= 0.3 is 0 Å². The number of carbonyl (C=O) groups is 1. The van der Waals surface area contributed by atoms with Gasteiger partial charge < -0.3 is 4.74 Å². The molecule has 0 aliphatic carbocycles. The molecule has 0 fully saturated rings. The zero-order valence-corrected chi connectivity index (χ0v) is 10.1. The molecule has 2 rings (SSSR count). The Morgan fingerprint density at radius 2 is 2.06 bits per heavy atom. The number of aryl methyl sites for hydroxylation is 1. The van der Waals surface area contributed by atoms with E-state index in [0.29, 0.717) is 5.56 Å². The molecule has 4 heteroatoms. The van der Waals surface area contributed by atoms with E-state index in [1.807, 2.05) is 6.92 Å². The normalized spacial score (nSPS) is 10.2. The standard InChI is InChI=1S/C14H12FNO2/c1-9-6-7-10(8-16-9)14(17)11-4-3-5-12(18-2)13(11)15/h3-8H,1-2H3. The molecule has 0 bridgehead atoms. The molecule has 2 aromatic rings. The average Bonchev–Trinajstić information content (AvgIpc) is 2.39. The van der Waals surface area contributed by atoms with Gasteiger partial charge in [-0.1, -0.05) is 6.07 Å². The second-order valence-corrected chi connectivity index (χ2v) is 3.84. The van der Waals surface area contributed by atoms with Crippen LogP contribution in [0.2, 0.25) is 0 Å². The molecule has 92 valence electrons. The molecule has 1 aromatic heterocycles. The molecule has 3 nitrogen and oxygen atoms in total. The summed E-state index contributed by atoms with van der Waals surface area (Å²) in [5.74, 6) is -0.995. The van der Waals surface area contributed by atoms with Crippen LogP contribution in [-0.2, 0) is 0 Å². The number of nitrogens with zero attached hydrogens (tertiary/aromatic N) is 1. The third-order valence-corrected chi connectivity index (χ3v) is 2.60. The molecule has 0 aliphatic rings. The van der Waals surface area contributed by atoms with E-state index in [-0.39, 0.29) is 11.3 Å². The Morgan fingerprint density at radius 1 is 1.28 bits per heavy atom. The summed E-state index contributed by atoms with van der Waals surface area (Å²) in [6.07, 6.45) is 1.44. The van der Waals surface area contributed by atoms with Crippen molar-refractivity contribution in [2.45, 2.75) is 6.92 Å². The van der Waals surface area contributed by atoms with Crippen molar-refractivity contribution >= 4 is 5.78 Å². The molecule has 0 spiro atoms. The predicted molar refractivity (Wildman–Crippen MR) is 65.4 cm³/mol. The van der Waals surface area contributed by atoms with Crippen LogP contribution in [0, 0.1) is 12.7 Å². The zero-order valence-electron chi connectivity index (χ0n) is 10.1. The first-order chi connectivity index (χ1) is 8.63. The number of ether oxygens (including phenoxy) is 1. The highest BCUT2D eigenvalue weighted by atomic mass is 19.1. The molecule has 1 heterocycles. The van der Waals surface area contributed by atoms with Crippen LogP contribution in [-0.4, -0.2) is 17.9 Å². The minimum Gasteiger partial charge on any atom is -0.494 e. The first-order valence-corrected chi connectivity index (χ1v) is 5.43. The maximum atomic E-state index is 13.9. The van der Waals surface area contributed by atoms with Crippen molar-refractivity contribution in [2.24, 2.45) is 0 Å². The molecule has 0 radical (unpaired) electrons. The molecule has 0 N–H and O–H groups in total. The van der Waals surface area contributed by atoms with Crippen molar-refractivity contribution in [1.29, 1.82) is 0 Å². The van der Waals surface area contributed by atoms with Gasteiger partial charge in [0.1, 0.15) is 0 Å². The van der Waals surface area contributed by atoms with Crippen molar-refractivity contribution in [1.82, 2.24) is 4.98 Å². The lowest BCUT2D eigenvalue weighted by atomic mass is 10.0. The van der Waals surface area contributed by atoms with E-state index in [1.54, 1.807) is 18.2 Å². The molecule has 0 saturated heterocycles. The monoisotopic (exact) mass is 245 g/mol. The van der Waals surface area contributed by atoms with Gasteiger partial charge in [-0.25, -0.2) is 4.39 Å². The maximum Gasteiger partial charge on any atom is 0.197 e. The minimum absolute atomic E-state index is 0.0139. The van der Waals surface area contributed by atoms with E-state index in [0.717, 1.165) is 5.69 Å². The Bertz CT molecular complexity index is 579. The van der Waals surface area contributed by atoms with Gasteiger partial charge in [0.05, 0.1) is 12.7 Å². The van der Waals surface area contributed by atoms with Crippen LogP contribution < -0.4 is 4.74 Å². The van der Waals surface area contributed by atoms with Gasteiger partial charge in [-0.15, -0.1) is 0 Å². The quantitative estimate of drug-likeness (QED) is 0.780. The summed E-state index contributed by atoms with van der Waals surface area (Å²) in [6.45, 7) is 1.82. The summed E-state index contributed by atoms with van der Waals surface area (Å²) in [5.41, 5.74) is 1.14. The minimum atomic E-state index is -0.648. The van der Waals surface area contributed by atoms with Crippen molar-refractivity contribution in [3.05, 3.63) is 59.2 Å². The van der Waals surface area contributed by atoms with Crippen LogP contribution in [0.1, 0.15) is 21.6 Å². The SMILES string of the molecule is COc1cccc(C(=O)c2ccc(C)nc2)c1F. The summed E-state index contributed by atoms with van der Waals surface area (Å²) in [4.78, 5) is 16.1. The molecule has 0 aliphatic heterocycles. The highest BCUT2D eigenvalue weighted by Crippen LogP contribution is 2.22. The Morgan fingerprint density at radius 3 is 2.67 bits per heavy atom. The molecule has 0 saturated carbocycles. The highest BCUT2D eigenvalue weighted by molar-refractivity contribution is 6.09. The number of ketones is 1. The van der Waals surface area contributed by atoms with Crippen LogP contribution in [0.25, 0.3) is 0 Å². The second kappa shape index (κ2) is 4.96. The number of rotatable bonds is 3. The molecule has 18 heavy (non-hydrogen) atoms. The number of benzene rings is 1. The first kappa shape index (κ1) is 12.2. The Kier molecular flexibility index (Phi) is 3.37. The van der Waals surface area contributed by atoms with E-state index in [4.69, 9.17) is 4.74 Å². The Hall–Kier alpha value is -2.23. The fourth-order valence-electron chi connectivity index (χ4n) is 1.60. The molecule has 1 aromatic carbocycles. The number of halogens is 1. The van der Waals surface area contributed by atoms with E-state index in [1.165, 1.54) is 25.4 Å². The van der Waals surface area contributed by atoms with Crippen LogP contribution in [0.15, 0.2) is 36.5 Å².